The van der Waals surface area contributed by atoms with Crippen LogP contribution in [0.5, 0.6) is 0 Å². The highest BCUT2D eigenvalue weighted by Gasteiger charge is 2.59. The first-order valence-corrected chi connectivity index (χ1v) is 7.54. The summed E-state index contributed by atoms with van der Waals surface area (Å²) in [6, 6.07) is 0. The van der Waals surface area contributed by atoms with Crippen LogP contribution in [0.4, 0.5) is 0 Å². The van der Waals surface area contributed by atoms with Crippen molar-refractivity contribution in [2.45, 2.75) is 70.8 Å². The standard InChI is InChI=1S/C15H29NO/c1-3-7-15(17,8-4-2)14(11-16)10-12-5-6-13(14)9-12/h12-13,17H,3-11,16H2,1-2H3. The predicted octanol–water partition coefficient (Wildman–Crippen LogP) is 3.08. The van der Waals surface area contributed by atoms with Gasteiger partial charge in [0.2, 0.25) is 0 Å². The molecule has 2 aliphatic carbocycles. The van der Waals surface area contributed by atoms with Crippen LogP contribution in [0.25, 0.3) is 0 Å². The van der Waals surface area contributed by atoms with Gasteiger partial charge < -0.3 is 10.8 Å². The van der Waals surface area contributed by atoms with Gasteiger partial charge in [-0.15, -0.1) is 0 Å². The lowest BCUT2D eigenvalue weighted by molar-refractivity contribution is -0.121. The van der Waals surface area contributed by atoms with Gasteiger partial charge in [-0.1, -0.05) is 33.1 Å². The Morgan fingerprint density at radius 3 is 2.24 bits per heavy atom. The Morgan fingerprint density at radius 1 is 1.24 bits per heavy atom. The summed E-state index contributed by atoms with van der Waals surface area (Å²) in [7, 11) is 0. The number of aliphatic hydroxyl groups is 1. The third-order valence-corrected chi connectivity index (χ3v) is 5.59. The van der Waals surface area contributed by atoms with Crippen molar-refractivity contribution in [2.24, 2.45) is 23.0 Å². The first-order valence-electron chi connectivity index (χ1n) is 7.54. The molecule has 0 amide bonds. The van der Waals surface area contributed by atoms with Crippen LogP contribution in [0.2, 0.25) is 0 Å². The smallest absolute Gasteiger partial charge is 0.0718 e. The lowest BCUT2D eigenvalue weighted by atomic mass is 9.59. The van der Waals surface area contributed by atoms with Crippen molar-refractivity contribution in [1.82, 2.24) is 0 Å². The maximum atomic E-state index is 11.2. The highest BCUT2D eigenvalue weighted by atomic mass is 16.3. The molecule has 0 saturated heterocycles. The number of hydrogen-bond donors (Lipinski definition) is 2. The summed E-state index contributed by atoms with van der Waals surface area (Å²) in [5.74, 6) is 1.55. The van der Waals surface area contributed by atoms with Gasteiger partial charge in [0, 0.05) is 12.0 Å². The Kier molecular flexibility index (Phi) is 3.84. The van der Waals surface area contributed by atoms with Gasteiger partial charge in [0.25, 0.3) is 0 Å². The highest BCUT2D eigenvalue weighted by molar-refractivity contribution is 5.10. The van der Waals surface area contributed by atoms with Crippen LogP contribution in [0, 0.1) is 17.3 Å². The average Bonchev–Trinajstić information content (AvgIpc) is 2.89. The molecule has 2 heteroatoms. The van der Waals surface area contributed by atoms with Gasteiger partial charge in [0.05, 0.1) is 5.60 Å². The fraction of sp³-hybridized carbons (Fsp3) is 1.00. The number of rotatable bonds is 6. The third-order valence-electron chi connectivity index (χ3n) is 5.59. The van der Waals surface area contributed by atoms with Crippen LogP contribution in [0.3, 0.4) is 0 Å². The van der Waals surface area contributed by atoms with E-state index in [-0.39, 0.29) is 5.41 Å². The van der Waals surface area contributed by atoms with Crippen LogP contribution in [0.15, 0.2) is 0 Å². The first kappa shape index (κ1) is 13.4. The van der Waals surface area contributed by atoms with Gasteiger partial charge in [0.1, 0.15) is 0 Å². The van der Waals surface area contributed by atoms with E-state index >= 15 is 0 Å². The van der Waals surface area contributed by atoms with E-state index < -0.39 is 5.60 Å². The fourth-order valence-corrected chi connectivity index (χ4v) is 4.90. The molecule has 0 aromatic carbocycles. The summed E-state index contributed by atoms with van der Waals surface area (Å²) in [5, 5.41) is 11.2. The minimum absolute atomic E-state index is 0.0436. The Balaban J connectivity index is 2.25. The molecule has 0 aromatic heterocycles. The number of nitrogens with two attached hydrogens (primary N) is 1. The molecule has 2 saturated carbocycles. The van der Waals surface area contributed by atoms with E-state index in [1.165, 1.54) is 25.7 Å². The van der Waals surface area contributed by atoms with E-state index in [9.17, 15) is 5.11 Å². The minimum Gasteiger partial charge on any atom is -0.389 e. The highest BCUT2D eigenvalue weighted by Crippen LogP contribution is 2.61. The van der Waals surface area contributed by atoms with E-state index in [1.807, 2.05) is 0 Å². The first-order chi connectivity index (χ1) is 8.12. The summed E-state index contributed by atoms with van der Waals surface area (Å²) in [6.07, 6.45) is 9.18. The largest absolute Gasteiger partial charge is 0.389 e. The van der Waals surface area contributed by atoms with Gasteiger partial charge in [-0.2, -0.15) is 0 Å². The maximum absolute atomic E-state index is 11.2. The molecule has 100 valence electrons. The van der Waals surface area contributed by atoms with Crippen molar-refractivity contribution in [3.05, 3.63) is 0 Å². The van der Waals surface area contributed by atoms with Crippen LogP contribution >= 0.6 is 0 Å². The number of hydrogen-bond acceptors (Lipinski definition) is 2. The third kappa shape index (κ3) is 1.94. The molecular formula is C15H29NO. The summed E-state index contributed by atoms with van der Waals surface area (Å²) in [5.41, 5.74) is 5.69. The van der Waals surface area contributed by atoms with E-state index in [0.29, 0.717) is 12.5 Å². The lowest BCUT2D eigenvalue weighted by Gasteiger charge is -2.50. The second-order valence-electron chi connectivity index (χ2n) is 6.47. The summed E-state index contributed by atoms with van der Waals surface area (Å²) < 4.78 is 0. The monoisotopic (exact) mass is 239 g/mol. The second kappa shape index (κ2) is 4.89. The zero-order chi connectivity index (χ0) is 12.5. The topological polar surface area (TPSA) is 46.2 Å². The van der Waals surface area contributed by atoms with Gasteiger partial charge in [-0.25, -0.2) is 0 Å². The van der Waals surface area contributed by atoms with E-state index in [4.69, 9.17) is 5.73 Å². The van der Waals surface area contributed by atoms with Crippen molar-refractivity contribution in [3.8, 4) is 0 Å². The zero-order valence-electron chi connectivity index (χ0n) is 11.5. The van der Waals surface area contributed by atoms with E-state index in [2.05, 4.69) is 13.8 Å². The van der Waals surface area contributed by atoms with Gasteiger partial charge in [-0.05, 0) is 43.9 Å². The van der Waals surface area contributed by atoms with E-state index in [0.717, 1.165) is 31.6 Å². The molecule has 17 heavy (non-hydrogen) atoms. The molecule has 0 aromatic rings. The Labute approximate surface area is 106 Å². The molecule has 3 N–H and O–H groups in total. The molecule has 3 atom stereocenters. The molecule has 2 fully saturated rings. The van der Waals surface area contributed by atoms with Crippen molar-refractivity contribution >= 4 is 0 Å². The molecule has 0 spiro atoms. The molecule has 2 aliphatic rings. The Morgan fingerprint density at radius 2 is 1.88 bits per heavy atom. The van der Waals surface area contributed by atoms with Crippen molar-refractivity contribution < 1.29 is 5.11 Å². The van der Waals surface area contributed by atoms with Crippen molar-refractivity contribution in [3.63, 3.8) is 0 Å². The summed E-state index contributed by atoms with van der Waals surface area (Å²) in [6.45, 7) is 5.04. The normalized spacial score (nSPS) is 36.7. The average molecular weight is 239 g/mol. The summed E-state index contributed by atoms with van der Waals surface area (Å²) >= 11 is 0. The fourth-order valence-electron chi connectivity index (χ4n) is 4.90. The quantitative estimate of drug-likeness (QED) is 0.748. The molecule has 2 rings (SSSR count). The van der Waals surface area contributed by atoms with Crippen LogP contribution in [-0.4, -0.2) is 17.3 Å². The van der Waals surface area contributed by atoms with Gasteiger partial charge in [-0.3, -0.25) is 0 Å². The molecular weight excluding hydrogens is 210 g/mol. The van der Waals surface area contributed by atoms with Crippen LogP contribution in [0.1, 0.15) is 65.2 Å². The van der Waals surface area contributed by atoms with Gasteiger partial charge in [0.15, 0.2) is 0 Å². The molecule has 2 nitrogen and oxygen atoms in total. The molecule has 0 radical (unpaired) electrons. The number of fused-ring (bicyclic) bond motifs is 2. The second-order valence-corrected chi connectivity index (χ2v) is 6.47. The SMILES string of the molecule is CCCC(O)(CCC)C1(CN)CC2CCC1C2. The minimum atomic E-state index is -0.495. The van der Waals surface area contributed by atoms with Crippen molar-refractivity contribution in [2.75, 3.05) is 6.54 Å². The molecule has 0 aliphatic heterocycles. The summed E-state index contributed by atoms with van der Waals surface area (Å²) in [4.78, 5) is 0. The van der Waals surface area contributed by atoms with Gasteiger partial charge >= 0.3 is 0 Å². The molecule has 3 unspecified atom stereocenters. The predicted molar refractivity (Wildman–Crippen MR) is 71.7 cm³/mol. The maximum Gasteiger partial charge on any atom is 0.0718 e. The lowest BCUT2D eigenvalue weighted by Crippen LogP contribution is -2.55. The van der Waals surface area contributed by atoms with Crippen LogP contribution in [-0.2, 0) is 0 Å². The van der Waals surface area contributed by atoms with Crippen molar-refractivity contribution in [1.29, 1.82) is 0 Å². The zero-order valence-corrected chi connectivity index (χ0v) is 11.5. The van der Waals surface area contributed by atoms with E-state index in [1.54, 1.807) is 0 Å². The molecule has 0 heterocycles. The Hall–Kier alpha value is -0.0800. The molecule has 2 bridgehead atoms. The Bertz CT molecular complexity index is 260. The van der Waals surface area contributed by atoms with Crippen LogP contribution < -0.4 is 5.73 Å².